The van der Waals surface area contributed by atoms with Crippen LogP contribution >= 0.6 is 24.0 Å². The van der Waals surface area contributed by atoms with E-state index in [9.17, 15) is 0 Å². The van der Waals surface area contributed by atoms with Gasteiger partial charge >= 0.3 is 0 Å². The van der Waals surface area contributed by atoms with Crippen molar-refractivity contribution in [2.45, 2.75) is 25.2 Å². The number of aliphatic imine (C=N–C) groups is 1. The van der Waals surface area contributed by atoms with Gasteiger partial charge < -0.3 is 15.0 Å². The molecule has 0 bridgehead atoms. The lowest BCUT2D eigenvalue weighted by atomic mass is 9.87. The molecule has 1 saturated carbocycles. The minimum Gasteiger partial charge on any atom is -0.381 e. The summed E-state index contributed by atoms with van der Waals surface area (Å²) in [5.41, 5.74) is 3.58. The predicted molar refractivity (Wildman–Crippen MR) is 111 cm³/mol. The number of rotatable bonds is 2. The lowest BCUT2D eigenvalue weighted by Gasteiger charge is -2.25. The molecule has 5 heteroatoms. The van der Waals surface area contributed by atoms with Crippen molar-refractivity contribution in [1.29, 1.82) is 0 Å². The molecule has 1 N–H and O–H groups in total. The number of hydrogen-bond acceptors (Lipinski definition) is 2. The lowest BCUT2D eigenvalue weighted by Crippen LogP contribution is -2.42. The van der Waals surface area contributed by atoms with Gasteiger partial charge in [-0.2, -0.15) is 0 Å². The van der Waals surface area contributed by atoms with Gasteiger partial charge in [0.25, 0.3) is 0 Å². The van der Waals surface area contributed by atoms with Crippen molar-refractivity contribution in [3.8, 4) is 0 Å². The third-order valence-corrected chi connectivity index (χ3v) is 6.83. The summed E-state index contributed by atoms with van der Waals surface area (Å²) >= 11 is 0. The molecule has 4 nitrogen and oxygen atoms in total. The van der Waals surface area contributed by atoms with Crippen LogP contribution in [0.15, 0.2) is 29.3 Å². The smallest absolute Gasteiger partial charge is 0.193 e. The standard InChI is InChI=1S/C20H27N3O.HI/c1-21-19(23-8-6-20(12-23)7-9-24-13-20)22-11-17-16-10-14-4-2-3-5-15(14)18(16)17;/h2-5,16-18H,6-13H2,1H3,(H,21,22);1H. The highest BCUT2D eigenvalue weighted by Gasteiger charge is 2.55. The van der Waals surface area contributed by atoms with Gasteiger partial charge in [-0.15, -0.1) is 24.0 Å². The molecule has 4 aliphatic rings. The van der Waals surface area contributed by atoms with Crippen LogP contribution in [0, 0.1) is 17.3 Å². The first-order valence-electron chi connectivity index (χ1n) is 9.41. The Morgan fingerprint density at radius 2 is 2.24 bits per heavy atom. The molecular weight excluding hydrogens is 425 g/mol. The minimum atomic E-state index is 0. The van der Waals surface area contributed by atoms with Gasteiger partial charge in [0.15, 0.2) is 5.96 Å². The monoisotopic (exact) mass is 453 g/mol. The molecule has 1 aromatic carbocycles. The second kappa shape index (κ2) is 6.72. The molecule has 2 heterocycles. The van der Waals surface area contributed by atoms with Crippen molar-refractivity contribution in [2.24, 2.45) is 22.2 Å². The third kappa shape index (κ3) is 2.97. The molecule has 4 unspecified atom stereocenters. The Bertz CT molecular complexity index is 671. The normalized spacial score (nSPS) is 35.5. The van der Waals surface area contributed by atoms with Gasteiger partial charge in [-0.05, 0) is 48.1 Å². The van der Waals surface area contributed by atoms with Crippen molar-refractivity contribution >= 4 is 29.9 Å². The summed E-state index contributed by atoms with van der Waals surface area (Å²) in [5, 5.41) is 3.67. The van der Waals surface area contributed by atoms with E-state index in [2.05, 4.69) is 39.5 Å². The van der Waals surface area contributed by atoms with E-state index in [4.69, 9.17) is 4.74 Å². The van der Waals surface area contributed by atoms with Crippen molar-refractivity contribution < 1.29 is 4.74 Å². The fourth-order valence-corrected chi connectivity index (χ4v) is 5.39. The molecule has 2 aliphatic carbocycles. The van der Waals surface area contributed by atoms with Crippen LogP contribution in [0.3, 0.4) is 0 Å². The Balaban J connectivity index is 0.00000157. The summed E-state index contributed by atoms with van der Waals surface area (Å²) in [4.78, 5) is 7.00. The van der Waals surface area contributed by atoms with Crippen LogP contribution < -0.4 is 5.32 Å². The Morgan fingerprint density at radius 3 is 3.04 bits per heavy atom. The molecular formula is C20H28IN3O. The highest BCUT2D eigenvalue weighted by atomic mass is 127. The second-order valence-corrected chi connectivity index (χ2v) is 8.16. The highest BCUT2D eigenvalue weighted by Crippen LogP contribution is 2.60. The molecule has 2 saturated heterocycles. The summed E-state index contributed by atoms with van der Waals surface area (Å²) < 4.78 is 5.65. The van der Waals surface area contributed by atoms with Crippen LogP contribution in [0.1, 0.15) is 29.9 Å². The van der Waals surface area contributed by atoms with E-state index in [1.54, 1.807) is 11.1 Å². The number of likely N-dealkylation sites (tertiary alicyclic amines) is 1. The van der Waals surface area contributed by atoms with Crippen LogP contribution in [-0.4, -0.2) is 50.8 Å². The SMILES string of the molecule is CN=C(NCC1C2Cc3ccccc3C12)N1CCC2(CCOC2)C1.I. The van der Waals surface area contributed by atoms with Gasteiger partial charge in [-0.25, -0.2) is 0 Å². The molecule has 4 atom stereocenters. The molecule has 0 aromatic heterocycles. The summed E-state index contributed by atoms with van der Waals surface area (Å²) in [6.07, 6.45) is 3.73. The van der Waals surface area contributed by atoms with Crippen LogP contribution in [-0.2, 0) is 11.2 Å². The molecule has 3 fully saturated rings. The van der Waals surface area contributed by atoms with Gasteiger partial charge in [0.1, 0.15) is 0 Å². The zero-order chi connectivity index (χ0) is 16.1. The van der Waals surface area contributed by atoms with E-state index in [1.807, 2.05) is 7.05 Å². The van der Waals surface area contributed by atoms with Crippen LogP contribution in [0.2, 0.25) is 0 Å². The number of nitrogens with one attached hydrogen (secondary N) is 1. The van der Waals surface area contributed by atoms with Crippen LogP contribution in [0.25, 0.3) is 0 Å². The van der Waals surface area contributed by atoms with E-state index in [0.29, 0.717) is 5.41 Å². The maximum absolute atomic E-state index is 5.65. The van der Waals surface area contributed by atoms with E-state index in [0.717, 1.165) is 56.6 Å². The molecule has 5 rings (SSSR count). The van der Waals surface area contributed by atoms with Crippen molar-refractivity contribution in [2.75, 3.05) is 39.9 Å². The summed E-state index contributed by atoms with van der Waals surface area (Å²) in [7, 11) is 1.92. The maximum Gasteiger partial charge on any atom is 0.193 e. The summed E-state index contributed by atoms with van der Waals surface area (Å²) in [6.45, 7) is 5.15. The topological polar surface area (TPSA) is 36.9 Å². The number of ether oxygens (including phenoxy) is 1. The van der Waals surface area contributed by atoms with Gasteiger partial charge in [-0.3, -0.25) is 4.99 Å². The quantitative estimate of drug-likeness (QED) is 0.425. The van der Waals surface area contributed by atoms with Crippen molar-refractivity contribution in [1.82, 2.24) is 10.2 Å². The predicted octanol–water partition coefficient (Wildman–Crippen LogP) is 2.88. The van der Waals surface area contributed by atoms with E-state index in [-0.39, 0.29) is 24.0 Å². The maximum atomic E-state index is 5.65. The first-order chi connectivity index (χ1) is 11.8. The number of nitrogens with zero attached hydrogens (tertiary/aromatic N) is 2. The Morgan fingerprint density at radius 1 is 1.36 bits per heavy atom. The van der Waals surface area contributed by atoms with E-state index in [1.165, 1.54) is 19.3 Å². The first-order valence-corrected chi connectivity index (χ1v) is 9.41. The zero-order valence-electron chi connectivity index (χ0n) is 14.9. The molecule has 1 aromatic rings. The fourth-order valence-electron chi connectivity index (χ4n) is 5.39. The van der Waals surface area contributed by atoms with Crippen molar-refractivity contribution in [3.05, 3.63) is 35.4 Å². The molecule has 0 radical (unpaired) electrons. The highest BCUT2D eigenvalue weighted by molar-refractivity contribution is 14.0. The second-order valence-electron chi connectivity index (χ2n) is 8.16. The summed E-state index contributed by atoms with van der Waals surface area (Å²) in [6, 6.07) is 9.00. The third-order valence-electron chi connectivity index (χ3n) is 6.83. The van der Waals surface area contributed by atoms with E-state index < -0.39 is 0 Å². The van der Waals surface area contributed by atoms with Crippen LogP contribution in [0.5, 0.6) is 0 Å². The summed E-state index contributed by atoms with van der Waals surface area (Å²) in [5.74, 6) is 3.54. The molecule has 136 valence electrons. The number of halogens is 1. The number of benzene rings is 1. The average Bonchev–Trinajstić information content (AvgIpc) is 3.03. The van der Waals surface area contributed by atoms with E-state index >= 15 is 0 Å². The fraction of sp³-hybridized carbons (Fsp3) is 0.650. The lowest BCUT2D eigenvalue weighted by molar-refractivity contribution is 0.156. The van der Waals surface area contributed by atoms with Gasteiger partial charge in [0.05, 0.1) is 6.61 Å². The zero-order valence-corrected chi connectivity index (χ0v) is 17.2. The Kier molecular flexibility index (Phi) is 4.73. The van der Waals surface area contributed by atoms with Crippen molar-refractivity contribution in [3.63, 3.8) is 0 Å². The van der Waals surface area contributed by atoms with Gasteiger partial charge in [0.2, 0.25) is 0 Å². The average molecular weight is 453 g/mol. The Labute approximate surface area is 167 Å². The number of fused-ring (bicyclic) bond motifs is 3. The van der Waals surface area contributed by atoms with Gasteiger partial charge in [0, 0.05) is 38.7 Å². The number of guanidine groups is 1. The minimum absolute atomic E-state index is 0. The molecule has 0 amide bonds. The van der Waals surface area contributed by atoms with Gasteiger partial charge in [-0.1, -0.05) is 24.3 Å². The molecule has 2 aliphatic heterocycles. The molecule has 1 spiro atoms. The Hall–Kier alpha value is -0.820. The van der Waals surface area contributed by atoms with Crippen LogP contribution in [0.4, 0.5) is 0 Å². The largest absolute Gasteiger partial charge is 0.381 e. The molecule has 25 heavy (non-hydrogen) atoms. The first kappa shape index (κ1) is 17.6. The number of hydrogen-bond donors (Lipinski definition) is 1.